The van der Waals surface area contributed by atoms with E-state index in [0.717, 1.165) is 12.3 Å². The third kappa shape index (κ3) is 4.00. The Morgan fingerprint density at radius 3 is 2.83 bits per heavy atom. The SMILES string of the molecule is CNc1ncc(F)cc1C(=O)NCCCC(N)=O. The number of halogens is 1. The van der Waals surface area contributed by atoms with Crippen molar-refractivity contribution < 1.29 is 14.0 Å². The normalized spacial score (nSPS) is 9.89. The monoisotopic (exact) mass is 254 g/mol. The zero-order valence-electron chi connectivity index (χ0n) is 10.00. The third-order valence-corrected chi connectivity index (χ3v) is 2.22. The van der Waals surface area contributed by atoms with E-state index in [4.69, 9.17) is 5.73 Å². The molecule has 0 aromatic carbocycles. The fourth-order valence-corrected chi connectivity index (χ4v) is 1.37. The Morgan fingerprint density at radius 1 is 1.50 bits per heavy atom. The van der Waals surface area contributed by atoms with Crippen molar-refractivity contribution in [2.24, 2.45) is 5.73 Å². The average Bonchev–Trinajstić information content (AvgIpc) is 2.34. The van der Waals surface area contributed by atoms with Gasteiger partial charge in [-0.25, -0.2) is 9.37 Å². The van der Waals surface area contributed by atoms with Gasteiger partial charge in [0.25, 0.3) is 5.91 Å². The molecule has 1 rings (SSSR count). The van der Waals surface area contributed by atoms with Gasteiger partial charge in [0, 0.05) is 20.0 Å². The number of nitrogens with one attached hydrogen (secondary N) is 2. The molecule has 2 amide bonds. The van der Waals surface area contributed by atoms with Crippen molar-refractivity contribution in [3.8, 4) is 0 Å². The van der Waals surface area contributed by atoms with Gasteiger partial charge < -0.3 is 16.4 Å². The summed E-state index contributed by atoms with van der Waals surface area (Å²) in [5, 5.41) is 5.26. The van der Waals surface area contributed by atoms with Crippen molar-refractivity contribution in [2.45, 2.75) is 12.8 Å². The lowest BCUT2D eigenvalue weighted by Crippen LogP contribution is -2.26. The summed E-state index contributed by atoms with van der Waals surface area (Å²) < 4.78 is 13.0. The summed E-state index contributed by atoms with van der Waals surface area (Å²) in [6.07, 6.45) is 1.66. The summed E-state index contributed by atoms with van der Waals surface area (Å²) >= 11 is 0. The van der Waals surface area contributed by atoms with E-state index in [2.05, 4.69) is 15.6 Å². The molecule has 0 aliphatic carbocycles. The van der Waals surface area contributed by atoms with Gasteiger partial charge in [0.15, 0.2) is 0 Å². The molecule has 0 radical (unpaired) electrons. The van der Waals surface area contributed by atoms with E-state index < -0.39 is 17.6 Å². The molecular formula is C11H15FN4O2. The molecule has 0 fully saturated rings. The minimum Gasteiger partial charge on any atom is -0.372 e. The molecule has 0 saturated carbocycles. The lowest BCUT2D eigenvalue weighted by Gasteiger charge is -2.08. The number of hydrogen-bond donors (Lipinski definition) is 3. The summed E-state index contributed by atoms with van der Waals surface area (Å²) in [5.74, 6) is -1.16. The van der Waals surface area contributed by atoms with Crippen LogP contribution in [-0.4, -0.2) is 30.4 Å². The molecule has 1 aromatic rings. The summed E-state index contributed by atoms with van der Waals surface area (Å²) in [6.45, 7) is 0.293. The molecule has 7 heteroatoms. The Morgan fingerprint density at radius 2 is 2.22 bits per heavy atom. The molecule has 0 aliphatic heterocycles. The van der Waals surface area contributed by atoms with Crippen LogP contribution in [0.25, 0.3) is 0 Å². The molecule has 0 unspecified atom stereocenters. The van der Waals surface area contributed by atoms with Crippen LogP contribution in [0, 0.1) is 5.82 Å². The maximum Gasteiger partial charge on any atom is 0.255 e. The quantitative estimate of drug-likeness (QED) is 0.634. The average molecular weight is 254 g/mol. The van der Waals surface area contributed by atoms with Crippen LogP contribution in [0.1, 0.15) is 23.2 Å². The number of nitrogens with zero attached hydrogens (tertiary/aromatic N) is 1. The Kier molecular flexibility index (Phi) is 5.04. The Hall–Kier alpha value is -2.18. The Balaban J connectivity index is 2.60. The summed E-state index contributed by atoms with van der Waals surface area (Å²) in [5.41, 5.74) is 5.09. The van der Waals surface area contributed by atoms with E-state index in [9.17, 15) is 14.0 Å². The van der Waals surface area contributed by atoms with Crippen LogP contribution < -0.4 is 16.4 Å². The molecule has 98 valence electrons. The van der Waals surface area contributed by atoms with Gasteiger partial charge >= 0.3 is 0 Å². The number of aromatic nitrogens is 1. The number of anilines is 1. The minimum absolute atomic E-state index is 0.122. The molecule has 0 bridgehead atoms. The highest BCUT2D eigenvalue weighted by molar-refractivity contribution is 5.98. The van der Waals surface area contributed by atoms with Crippen LogP contribution in [0.15, 0.2) is 12.3 Å². The molecule has 0 spiro atoms. The van der Waals surface area contributed by atoms with Gasteiger partial charge in [0.2, 0.25) is 5.91 Å². The first-order valence-corrected chi connectivity index (χ1v) is 5.44. The first kappa shape index (κ1) is 13.9. The molecule has 0 saturated heterocycles. The second-order valence-corrected chi connectivity index (χ2v) is 3.63. The summed E-state index contributed by atoms with van der Waals surface area (Å²) in [6, 6.07) is 1.10. The van der Waals surface area contributed by atoms with Crippen LogP contribution in [0.4, 0.5) is 10.2 Å². The topological polar surface area (TPSA) is 97.1 Å². The fraction of sp³-hybridized carbons (Fsp3) is 0.364. The minimum atomic E-state index is -0.587. The first-order chi connectivity index (χ1) is 8.54. The van der Waals surface area contributed by atoms with Crippen molar-refractivity contribution in [3.05, 3.63) is 23.6 Å². The van der Waals surface area contributed by atoms with Crippen LogP contribution in [0.5, 0.6) is 0 Å². The number of carbonyl (C=O) groups excluding carboxylic acids is 2. The predicted molar refractivity (Wildman–Crippen MR) is 64.5 cm³/mol. The number of carbonyl (C=O) groups is 2. The molecule has 1 aromatic heterocycles. The van der Waals surface area contributed by atoms with E-state index >= 15 is 0 Å². The molecule has 0 aliphatic rings. The molecule has 18 heavy (non-hydrogen) atoms. The smallest absolute Gasteiger partial charge is 0.255 e. The number of rotatable bonds is 6. The summed E-state index contributed by atoms with van der Waals surface area (Å²) in [7, 11) is 1.59. The molecule has 6 nitrogen and oxygen atoms in total. The van der Waals surface area contributed by atoms with Gasteiger partial charge in [-0.2, -0.15) is 0 Å². The lowest BCUT2D eigenvalue weighted by molar-refractivity contribution is -0.118. The van der Waals surface area contributed by atoms with Crippen molar-refractivity contribution in [3.63, 3.8) is 0 Å². The van der Waals surface area contributed by atoms with Crippen LogP contribution >= 0.6 is 0 Å². The van der Waals surface area contributed by atoms with E-state index in [0.29, 0.717) is 18.8 Å². The largest absolute Gasteiger partial charge is 0.372 e. The Bertz CT molecular complexity index is 451. The van der Waals surface area contributed by atoms with Gasteiger partial charge in [-0.1, -0.05) is 0 Å². The van der Waals surface area contributed by atoms with E-state index in [1.807, 2.05) is 0 Å². The maximum absolute atomic E-state index is 13.0. The van der Waals surface area contributed by atoms with Gasteiger partial charge in [0.05, 0.1) is 11.8 Å². The van der Waals surface area contributed by atoms with Crippen LogP contribution in [-0.2, 0) is 4.79 Å². The van der Waals surface area contributed by atoms with Gasteiger partial charge in [-0.3, -0.25) is 9.59 Å². The number of primary amides is 1. The van der Waals surface area contributed by atoms with E-state index in [-0.39, 0.29) is 12.0 Å². The second kappa shape index (κ2) is 6.53. The van der Waals surface area contributed by atoms with Gasteiger partial charge in [-0.15, -0.1) is 0 Å². The van der Waals surface area contributed by atoms with Crippen molar-refractivity contribution in [1.29, 1.82) is 0 Å². The highest BCUT2D eigenvalue weighted by atomic mass is 19.1. The van der Waals surface area contributed by atoms with E-state index in [1.54, 1.807) is 7.05 Å². The lowest BCUT2D eigenvalue weighted by atomic mass is 10.2. The van der Waals surface area contributed by atoms with Crippen molar-refractivity contribution in [2.75, 3.05) is 18.9 Å². The maximum atomic E-state index is 13.0. The number of amides is 2. The first-order valence-electron chi connectivity index (χ1n) is 5.44. The van der Waals surface area contributed by atoms with Crippen molar-refractivity contribution in [1.82, 2.24) is 10.3 Å². The molecule has 4 N–H and O–H groups in total. The van der Waals surface area contributed by atoms with Crippen molar-refractivity contribution >= 4 is 17.6 Å². The molecular weight excluding hydrogens is 239 g/mol. The second-order valence-electron chi connectivity index (χ2n) is 3.63. The molecule has 1 heterocycles. The Labute approximate surface area is 104 Å². The molecule has 0 atom stereocenters. The van der Waals surface area contributed by atoms with E-state index in [1.165, 1.54) is 0 Å². The predicted octanol–water partition coefficient (Wildman–Crippen LogP) is 0.258. The number of hydrogen-bond acceptors (Lipinski definition) is 4. The zero-order chi connectivity index (χ0) is 13.5. The van der Waals surface area contributed by atoms with Crippen LogP contribution in [0.2, 0.25) is 0 Å². The van der Waals surface area contributed by atoms with Gasteiger partial charge in [-0.05, 0) is 12.5 Å². The number of pyridine rings is 1. The summed E-state index contributed by atoms with van der Waals surface area (Å²) in [4.78, 5) is 26.0. The highest BCUT2D eigenvalue weighted by Gasteiger charge is 2.12. The zero-order valence-corrected chi connectivity index (χ0v) is 10.00. The van der Waals surface area contributed by atoms with Gasteiger partial charge in [0.1, 0.15) is 11.6 Å². The standard InChI is InChI=1S/C11H15FN4O2/c1-14-10-8(5-7(12)6-16-10)11(18)15-4-2-3-9(13)17/h5-6H,2-4H2,1H3,(H2,13,17)(H,14,16)(H,15,18). The highest BCUT2D eigenvalue weighted by Crippen LogP contribution is 2.12. The fourth-order valence-electron chi connectivity index (χ4n) is 1.37. The number of nitrogens with two attached hydrogens (primary N) is 1. The third-order valence-electron chi connectivity index (χ3n) is 2.22. The van der Waals surface area contributed by atoms with Crippen LogP contribution in [0.3, 0.4) is 0 Å².